The molecule has 0 amide bonds. The highest BCUT2D eigenvalue weighted by Gasteiger charge is 2.23. The number of hydrogen-bond donors (Lipinski definition) is 3. The minimum Gasteiger partial charge on any atom is -0.488 e. The molecular formula is C12H16ClNO3. The molecule has 4 nitrogen and oxygen atoms in total. The Morgan fingerprint density at radius 2 is 2.18 bits per heavy atom. The number of benzene rings is 1. The van der Waals surface area contributed by atoms with Gasteiger partial charge in [0.15, 0.2) is 0 Å². The van der Waals surface area contributed by atoms with Gasteiger partial charge in [-0.05, 0) is 23.8 Å². The number of halogens is 1. The van der Waals surface area contributed by atoms with Gasteiger partial charge in [0.1, 0.15) is 11.9 Å². The first kappa shape index (κ1) is 12.6. The van der Waals surface area contributed by atoms with E-state index >= 15 is 0 Å². The van der Waals surface area contributed by atoms with Gasteiger partial charge in [0.25, 0.3) is 0 Å². The fourth-order valence-electron chi connectivity index (χ4n) is 1.89. The lowest BCUT2D eigenvalue weighted by atomic mass is 10.1. The standard InChI is InChI=1S/C12H16ClNO3/c13-9-1-2-12-8(3-9)4-11(17-12)5-14-10(6-15)7-16/h1-3,10-11,14-16H,4-7H2. The van der Waals surface area contributed by atoms with E-state index in [1.54, 1.807) is 6.07 Å². The Balaban J connectivity index is 1.88. The summed E-state index contributed by atoms with van der Waals surface area (Å²) in [6.07, 6.45) is 0.830. The first-order valence-corrected chi connectivity index (χ1v) is 6.01. The molecule has 1 aliphatic heterocycles. The van der Waals surface area contributed by atoms with Crippen LogP contribution in [0, 0.1) is 0 Å². The van der Waals surface area contributed by atoms with Crippen molar-refractivity contribution in [2.45, 2.75) is 18.6 Å². The molecule has 1 aromatic rings. The normalized spacial score (nSPS) is 18.2. The number of rotatable bonds is 5. The second kappa shape index (κ2) is 5.69. The number of aliphatic hydroxyl groups is 2. The van der Waals surface area contributed by atoms with Gasteiger partial charge in [0.05, 0.1) is 19.3 Å². The smallest absolute Gasteiger partial charge is 0.123 e. The number of aliphatic hydroxyl groups excluding tert-OH is 2. The predicted octanol–water partition coefficient (Wildman–Crippen LogP) is 0.586. The van der Waals surface area contributed by atoms with Crippen molar-refractivity contribution < 1.29 is 14.9 Å². The minimum atomic E-state index is -0.286. The van der Waals surface area contributed by atoms with Crippen LogP contribution in [0.3, 0.4) is 0 Å². The average Bonchev–Trinajstić information content (AvgIpc) is 2.72. The van der Waals surface area contributed by atoms with Gasteiger partial charge in [0.2, 0.25) is 0 Å². The van der Waals surface area contributed by atoms with Gasteiger partial charge in [-0.1, -0.05) is 11.6 Å². The van der Waals surface area contributed by atoms with E-state index in [0.29, 0.717) is 11.6 Å². The molecule has 1 aliphatic rings. The molecule has 0 bridgehead atoms. The van der Waals surface area contributed by atoms with Crippen molar-refractivity contribution >= 4 is 11.6 Å². The Hall–Kier alpha value is -0.810. The lowest BCUT2D eigenvalue weighted by molar-refractivity contribution is 0.153. The molecule has 2 rings (SSSR count). The molecule has 0 fully saturated rings. The van der Waals surface area contributed by atoms with E-state index in [1.165, 1.54) is 0 Å². The number of fused-ring (bicyclic) bond motifs is 1. The van der Waals surface area contributed by atoms with Crippen molar-refractivity contribution in [2.75, 3.05) is 19.8 Å². The summed E-state index contributed by atoms with van der Waals surface area (Å²) in [7, 11) is 0. The third-order valence-electron chi connectivity index (χ3n) is 2.84. The monoisotopic (exact) mass is 257 g/mol. The highest BCUT2D eigenvalue weighted by atomic mass is 35.5. The molecule has 1 aromatic carbocycles. The molecule has 1 atom stereocenters. The van der Waals surface area contributed by atoms with Gasteiger partial charge in [0, 0.05) is 18.0 Å². The van der Waals surface area contributed by atoms with Crippen molar-refractivity contribution in [3.05, 3.63) is 28.8 Å². The van der Waals surface area contributed by atoms with Crippen LogP contribution in [-0.4, -0.2) is 42.1 Å². The third kappa shape index (κ3) is 3.10. The maximum Gasteiger partial charge on any atom is 0.123 e. The highest BCUT2D eigenvalue weighted by molar-refractivity contribution is 6.30. The molecular weight excluding hydrogens is 242 g/mol. The summed E-state index contributed by atoms with van der Waals surface area (Å²) in [5.74, 6) is 0.866. The Labute approximate surface area is 105 Å². The second-order valence-electron chi connectivity index (χ2n) is 4.17. The first-order chi connectivity index (χ1) is 8.22. The summed E-state index contributed by atoms with van der Waals surface area (Å²) in [5.41, 5.74) is 1.11. The zero-order valence-electron chi connectivity index (χ0n) is 9.40. The second-order valence-corrected chi connectivity index (χ2v) is 4.60. The van der Waals surface area contributed by atoms with Crippen molar-refractivity contribution in [1.82, 2.24) is 5.32 Å². The zero-order valence-corrected chi connectivity index (χ0v) is 10.2. The summed E-state index contributed by atoms with van der Waals surface area (Å²) in [6.45, 7) is 0.433. The largest absolute Gasteiger partial charge is 0.488 e. The lowest BCUT2D eigenvalue weighted by Gasteiger charge is -2.16. The predicted molar refractivity (Wildman–Crippen MR) is 65.5 cm³/mol. The SMILES string of the molecule is OCC(CO)NCC1Cc2cc(Cl)ccc2O1. The Bertz CT molecular complexity index is 382. The molecule has 0 saturated carbocycles. The highest BCUT2D eigenvalue weighted by Crippen LogP contribution is 2.30. The average molecular weight is 258 g/mol. The molecule has 3 N–H and O–H groups in total. The number of hydrogen-bond acceptors (Lipinski definition) is 4. The third-order valence-corrected chi connectivity index (χ3v) is 3.07. The molecule has 5 heteroatoms. The van der Waals surface area contributed by atoms with Crippen LogP contribution < -0.4 is 10.1 Å². The van der Waals surface area contributed by atoms with E-state index in [-0.39, 0.29) is 25.4 Å². The van der Waals surface area contributed by atoms with Crippen LogP contribution in [0.4, 0.5) is 0 Å². The van der Waals surface area contributed by atoms with Gasteiger partial charge < -0.3 is 20.3 Å². The first-order valence-electron chi connectivity index (χ1n) is 5.63. The number of ether oxygens (including phenoxy) is 1. The van der Waals surface area contributed by atoms with E-state index in [0.717, 1.165) is 17.7 Å². The van der Waals surface area contributed by atoms with Gasteiger partial charge >= 0.3 is 0 Å². The number of nitrogens with one attached hydrogen (secondary N) is 1. The van der Waals surface area contributed by atoms with Crippen molar-refractivity contribution in [3.8, 4) is 5.75 Å². The summed E-state index contributed by atoms with van der Waals surface area (Å²) in [6, 6.07) is 5.30. The topological polar surface area (TPSA) is 61.7 Å². The summed E-state index contributed by atoms with van der Waals surface area (Å²) >= 11 is 5.91. The Kier molecular flexibility index (Phi) is 4.23. The summed E-state index contributed by atoms with van der Waals surface area (Å²) < 4.78 is 5.72. The Morgan fingerprint density at radius 1 is 1.41 bits per heavy atom. The van der Waals surface area contributed by atoms with E-state index in [9.17, 15) is 0 Å². The van der Waals surface area contributed by atoms with Gasteiger partial charge in [-0.25, -0.2) is 0 Å². The molecule has 0 saturated heterocycles. The van der Waals surface area contributed by atoms with Crippen LogP contribution in [0.1, 0.15) is 5.56 Å². The van der Waals surface area contributed by atoms with Crippen LogP contribution in [0.5, 0.6) is 5.75 Å². The van der Waals surface area contributed by atoms with Crippen LogP contribution in [0.25, 0.3) is 0 Å². The van der Waals surface area contributed by atoms with E-state index in [4.69, 9.17) is 26.6 Å². The molecule has 0 spiro atoms. The quantitative estimate of drug-likeness (QED) is 0.723. The van der Waals surface area contributed by atoms with Crippen LogP contribution in [0.2, 0.25) is 5.02 Å². The fraction of sp³-hybridized carbons (Fsp3) is 0.500. The fourth-order valence-corrected chi connectivity index (χ4v) is 2.08. The van der Waals surface area contributed by atoms with Gasteiger partial charge in [-0.3, -0.25) is 0 Å². The van der Waals surface area contributed by atoms with Crippen molar-refractivity contribution in [2.24, 2.45) is 0 Å². The van der Waals surface area contributed by atoms with Crippen molar-refractivity contribution in [1.29, 1.82) is 0 Å². The molecule has 1 unspecified atom stereocenters. The van der Waals surface area contributed by atoms with Crippen LogP contribution in [0.15, 0.2) is 18.2 Å². The van der Waals surface area contributed by atoms with E-state index < -0.39 is 0 Å². The van der Waals surface area contributed by atoms with Crippen molar-refractivity contribution in [3.63, 3.8) is 0 Å². The minimum absolute atomic E-state index is 0.0315. The van der Waals surface area contributed by atoms with Gasteiger partial charge in [-0.2, -0.15) is 0 Å². The van der Waals surface area contributed by atoms with Crippen LogP contribution in [-0.2, 0) is 6.42 Å². The molecule has 17 heavy (non-hydrogen) atoms. The maximum absolute atomic E-state index is 8.93. The maximum atomic E-state index is 8.93. The molecule has 0 aromatic heterocycles. The zero-order chi connectivity index (χ0) is 12.3. The molecule has 94 valence electrons. The summed E-state index contributed by atoms with van der Waals surface area (Å²) in [5, 5.41) is 21.6. The molecule has 0 aliphatic carbocycles. The van der Waals surface area contributed by atoms with Crippen LogP contribution >= 0.6 is 11.6 Å². The van der Waals surface area contributed by atoms with Gasteiger partial charge in [-0.15, -0.1) is 0 Å². The summed E-state index contributed by atoms with van der Waals surface area (Å²) in [4.78, 5) is 0. The van der Waals surface area contributed by atoms with E-state index in [1.807, 2.05) is 12.1 Å². The molecule has 0 radical (unpaired) electrons. The molecule has 1 heterocycles. The lowest BCUT2D eigenvalue weighted by Crippen LogP contribution is -2.41. The Morgan fingerprint density at radius 3 is 2.88 bits per heavy atom. The van der Waals surface area contributed by atoms with E-state index in [2.05, 4.69) is 5.32 Å².